The molecule has 0 fully saturated rings. The van der Waals surface area contributed by atoms with Gasteiger partial charge in [-0.25, -0.2) is 0 Å². The van der Waals surface area contributed by atoms with Crippen molar-refractivity contribution in [3.8, 4) is 11.5 Å². The Morgan fingerprint density at radius 3 is 2.70 bits per heavy atom. The topological polar surface area (TPSA) is 89.9 Å². The summed E-state index contributed by atoms with van der Waals surface area (Å²) in [5.41, 5.74) is 0.486. The summed E-state index contributed by atoms with van der Waals surface area (Å²) >= 11 is 0. The summed E-state index contributed by atoms with van der Waals surface area (Å²) in [6.07, 6.45) is 1.55. The molecule has 0 aliphatic carbocycles. The Bertz CT molecular complexity index is 922. The molecule has 0 unspecified atom stereocenters. The quantitative estimate of drug-likeness (QED) is 0.809. The Hall–Kier alpha value is -3.29. The van der Waals surface area contributed by atoms with Crippen molar-refractivity contribution in [3.05, 3.63) is 58.0 Å². The molecule has 0 atom stereocenters. The van der Waals surface area contributed by atoms with Crippen LogP contribution >= 0.6 is 0 Å². The molecule has 2 amide bonds. The molecule has 27 heavy (non-hydrogen) atoms. The maximum atomic E-state index is 12.6. The van der Waals surface area contributed by atoms with Crippen molar-refractivity contribution < 1.29 is 19.1 Å². The van der Waals surface area contributed by atoms with Crippen molar-refractivity contribution in [2.24, 2.45) is 0 Å². The van der Waals surface area contributed by atoms with Gasteiger partial charge in [0.15, 0.2) is 5.75 Å². The number of benzene rings is 1. The molecule has 0 saturated heterocycles. The summed E-state index contributed by atoms with van der Waals surface area (Å²) in [5.74, 6) is 0.341. The van der Waals surface area contributed by atoms with Gasteiger partial charge >= 0.3 is 0 Å². The summed E-state index contributed by atoms with van der Waals surface area (Å²) in [6, 6.07) is 8.14. The van der Waals surface area contributed by atoms with Crippen LogP contribution in [0.15, 0.2) is 41.3 Å². The zero-order valence-electron chi connectivity index (χ0n) is 15.2. The van der Waals surface area contributed by atoms with Crippen LogP contribution in [-0.2, 0) is 6.54 Å². The van der Waals surface area contributed by atoms with Crippen LogP contribution in [0.3, 0.4) is 0 Å². The average Bonchev–Trinajstić information content (AvgIpc) is 2.69. The van der Waals surface area contributed by atoms with E-state index < -0.39 is 0 Å². The van der Waals surface area contributed by atoms with Crippen molar-refractivity contribution in [2.45, 2.75) is 6.54 Å². The van der Waals surface area contributed by atoms with Crippen molar-refractivity contribution in [1.29, 1.82) is 0 Å². The minimum Gasteiger partial charge on any atom is -0.497 e. The van der Waals surface area contributed by atoms with E-state index in [1.807, 2.05) is 0 Å². The first kappa shape index (κ1) is 18.5. The third-order valence-corrected chi connectivity index (χ3v) is 4.43. The zero-order chi connectivity index (χ0) is 19.4. The predicted octanol–water partition coefficient (Wildman–Crippen LogP) is 0.751. The maximum absolute atomic E-state index is 12.6. The van der Waals surface area contributed by atoms with Crippen LogP contribution in [0.4, 0.5) is 0 Å². The molecule has 3 rings (SSSR count). The zero-order valence-corrected chi connectivity index (χ0v) is 15.2. The Kier molecular flexibility index (Phi) is 5.44. The third-order valence-electron chi connectivity index (χ3n) is 4.43. The van der Waals surface area contributed by atoms with Crippen LogP contribution in [0.25, 0.3) is 0 Å². The monoisotopic (exact) mass is 371 g/mol. The van der Waals surface area contributed by atoms with E-state index in [1.165, 1.54) is 20.3 Å². The van der Waals surface area contributed by atoms with E-state index in [2.05, 4.69) is 5.32 Å². The summed E-state index contributed by atoms with van der Waals surface area (Å²) in [6.45, 7) is 1.71. The standard InChI is InChI=1S/C19H21N3O5/c1-26-14-5-3-4-13(10-14)18(24)20-6-7-21-8-9-22-12-17(27-2)16(23)11-15(22)19(21)25/h3-5,10-12H,6-9H2,1-2H3,(H,20,24). The Morgan fingerprint density at radius 2 is 1.96 bits per heavy atom. The van der Waals surface area contributed by atoms with Gasteiger partial charge in [-0.05, 0) is 18.2 Å². The second-order valence-corrected chi connectivity index (χ2v) is 6.06. The number of pyridine rings is 1. The summed E-state index contributed by atoms with van der Waals surface area (Å²) in [5, 5.41) is 2.79. The van der Waals surface area contributed by atoms with Gasteiger partial charge in [-0.2, -0.15) is 0 Å². The highest BCUT2D eigenvalue weighted by atomic mass is 16.5. The lowest BCUT2D eigenvalue weighted by Crippen LogP contribution is -2.45. The molecule has 8 nitrogen and oxygen atoms in total. The van der Waals surface area contributed by atoms with Gasteiger partial charge in [0, 0.05) is 37.8 Å². The maximum Gasteiger partial charge on any atom is 0.270 e. The van der Waals surface area contributed by atoms with E-state index in [1.54, 1.807) is 39.9 Å². The lowest BCUT2D eigenvalue weighted by molar-refractivity contribution is 0.0696. The normalized spacial score (nSPS) is 13.1. The molecule has 2 heterocycles. The molecular formula is C19H21N3O5. The molecule has 1 aromatic heterocycles. The van der Waals surface area contributed by atoms with Crippen molar-refractivity contribution in [1.82, 2.24) is 14.8 Å². The fraction of sp³-hybridized carbons (Fsp3) is 0.316. The molecule has 1 aliphatic heterocycles. The van der Waals surface area contributed by atoms with E-state index in [9.17, 15) is 14.4 Å². The van der Waals surface area contributed by atoms with Crippen LogP contribution in [0.5, 0.6) is 11.5 Å². The van der Waals surface area contributed by atoms with E-state index in [0.29, 0.717) is 43.2 Å². The van der Waals surface area contributed by atoms with Crippen molar-refractivity contribution in [2.75, 3.05) is 33.9 Å². The van der Waals surface area contributed by atoms with Crippen molar-refractivity contribution in [3.63, 3.8) is 0 Å². The second kappa shape index (κ2) is 7.94. The fourth-order valence-electron chi connectivity index (χ4n) is 2.95. The summed E-state index contributed by atoms with van der Waals surface area (Å²) in [7, 11) is 2.96. The molecule has 2 aromatic rings. The molecule has 1 aromatic carbocycles. The number of rotatable bonds is 6. The van der Waals surface area contributed by atoms with Gasteiger partial charge in [-0.3, -0.25) is 14.4 Å². The number of methoxy groups -OCH3 is 2. The lowest BCUT2D eigenvalue weighted by Gasteiger charge is -2.30. The number of aromatic nitrogens is 1. The molecule has 1 N–H and O–H groups in total. The van der Waals surface area contributed by atoms with Gasteiger partial charge in [0.1, 0.15) is 11.4 Å². The Labute approximate surface area is 156 Å². The van der Waals surface area contributed by atoms with Gasteiger partial charge in [-0.15, -0.1) is 0 Å². The third kappa shape index (κ3) is 3.94. The van der Waals surface area contributed by atoms with Crippen LogP contribution in [-0.4, -0.2) is 55.1 Å². The van der Waals surface area contributed by atoms with Gasteiger partial charge in [0.25, 0.3) is 11.8 Å². The number of hydrogen-bond donors (Lipinski definition) is 1. The van der Waals surface area contributed by atoms with E-state index >= 15 is 0 Å². The molecule has 0 radical (unpaired) electrons. The molecule has 0 saturated carbocycles. The second-order valence-electron chi connectivity index (χ2n) is 6.06. The minimum atomic E-state index is -0.328. The van der Waals surface area contributed by atoms with Gasteiger partial charge < -0.3 is 24.3 Å². The first-order valence-corrected chi connectivity index (χ1v) is 8.53. The van der Waals surface area contributed by atoms with Crippen LogP contribution < -0.4 is 20.2 Å². The highest BCUT2D eigenvalue weighted by Crippen LogP contribution is 2.14. The van der Waals surface area contributed by atoms with Crippen LogP contribution in [0, 0.1) is 0 Å². The number of hydrogen-bond acceptors (Lipinski definition) is 5. The number of nitrogens with one attached hydrogen (secondary N) is 1. The summed E-state index contributed by atoms with van der Waals surface area (Å²) < 4.78 is 11.8. The van der Waals surface area contributed by atoms with Crippen LogP contribution in [0.2, 0.25) is 0 Å². The van der Waals surface area contributed by atoms with Gasteiger partial charge in [0.05, 0.1) is 20.4 Å². The highest BCUT2D eigenvalue weighted by molar-refractivity contribution is 5.95. The highest BCUT2D eigenvalue weighted by Gasteiger charge is 2.25. The molecule has 1 aliphatic rings. The number of ether oxygens (including phenoxy) is 2. The lowest BCUT2D eigenvalue weighted by atomic mass is 10.2. The largest absolute Gasteiger partial charge is 0.497 e. The van der Waals surface area contributed by atoms with Gasteiger partial charge in [-0.1, -0.05) is 6.07 Å². The molecule has 8 heteroatoms. The SMILES string of the molecule is COc1cccc(C(=O)NCCN2CCn3cc(OC)c(=O)cc3C2=O)c1. The fourth-order valence-corrected chi connectivity index (χ4v) is 2.95. The number of amides is 2. The van der Waals surface area contributed by atoms with Crippen LogP contribution in [0.1, 0.15) is 20.8 Å². The summed E-state index contributed by atoms with van der Waals surface area (Å²) in [4.78, 5) is 38.3. The Morgan fingerprint density at radius 1 is 1.15 bits per heavy atom. The van der Waals surface area contributed by atoms with Gasteiger partial charge in [0.2, 0.25) is 5.43 Å². The number of nitrogens with zero attached hydrogens (tertiary/aromatic N) is 2. The van der Waals surface area contributed by atoms with E-state index in [4.69, 9.17) is 9.47 Å². The molecule has 0 spiro atoms. The first-order chi connectivity index (χ1) is 13.0. The molecular weight excluding hydrogens is 350 g/mol. The van der Waals surface area contributed by atoms with E-state index in [0.717, 1.165) is 0 Å². The number of fused-ring (bicyclic) bond motifs is 1. The van der Waals surface area contributed by atoms with Crippen molar-refractivity contribution >= 4 is 11.8 Å². The number of carbonyl (C=O) groups is 2. The van der Waals surface area contributed by atoms with E-state index in [-0.39, 0.29) is 23.0 Å². The Balaban J connectivity index is 1.61. The minimum absolute atomic E-state index is 0.213. The number of carbonyl (C=O) groups excluding carboxylic acids is 2. The molecule has 142 valence electrons. The average molecular weight is 371 g/mol. The predicted molar refractivity (Wildman–Crippen MR) is 98.5 cm³/mol. The first-order valence-electron chi connectivity index (χ1n) is 8.53. The molecule has 0 bridgehead atoms. The smallest absolute Gasteiger partial charge is 0.270 e.